The molecule has 1 heterocycles. The number of esters is 1. The first-order valence-electron chi connectivity index (χ1n) is 3.77. The number of hydrogen-bond acceptors (Lipinski definition) is 4. The van der Waals surface area contributed by atoms with Crippen LogP contribution in [0.15, 0.2) is 0 Å². The zero-order valence-corrected chi connectivity index (χ0v) is 7.38. The molecule has 0 spiro atoms. The highest BCUT2D eigenvalue weighted by molar-refractivity contribution is 6.26. The quantitative estimate of drug-likeness (QED) is 0.475. The minimum atomic E-state index is -0.584. The molecule has 0 saturated carbocycles. The molecule has 0 aromatic rings. The minimum Gasteiger partial charge on any atom is -0.432 e. The van der Waals surface area contributed by atoms with E-state index in [9.17, 15) is 4.79 Å². The molecule has 0 aromatic heterocycles. The fourth-order valence-corrected chi connectivity index (χ4v) is 0.913. The van der Waals surface area contributed by atoms with Crippen LogP contribution in [0.1, 0.15) is 6.42 Å². The third kappa shape index (κ3) is 3.38. The van der Waals surface area contributed by atoms with Gasteiger partial charge in [-0.1, -0.05) is 0 Å². The van der Waals surface area contributed by atoms with Gasteiger partial charge in [0.25, 0.3) is 0 Å². The van der Waals surface area contributed by atoms with Crippen LogP contribution in [0.2, 0.25) is 0 Å². The van der Waals surface area contributed by atoms with Crippen molar-refractivity contribution in [2.45, 2.75) is 12.7 Å². The van der Waals surface area contributed by atoms with E-state index in [2.05, 4.69) is 0 Å². The lowest BCUT2D eigenvalue weighted by Crippen LogP contribution is -2.25. The van der Waals surface area contributed by atoms with Gasteiger partial charge in [0.2, 0.25) is 6.29 Å². The van der Waals surface area contributed by atoms with Gasteiger partial charge in [-0.25, -0.2) is 0 Å². The fraction of sp³-hybridized carbons (Fsp3) is 0.857. The Kier molecular flexibility index (Phi) is 4.35. The maximum Gasteiger partial charge on any atom is 0.323 e. The highest BCUT2D eigenvalue weighted by atomic mass is 35.5. The summed E-state index contributed by atoms with van der Waals surface area (Å²) < 4.78 is 15.1. The molecule has 0 aromatic carbocycles. The summed E-state index contributed by atoms with van der Waals surface area (Å²) in [4.78, 5) is 10.7. The molecule has 1 aliphatic rings. The number of ether oxygens (including phenoxy) is 3. The average molecular weight is 195 g/mol. The van der Waals surface area contributed by atoms with Crippen LogP contribution in [-0.4, -0.2) is 38.0 Å². The highest BCUT2D eigenvalue weighted by Crippen LogP contribution is 2.03. The predicted octanol–water partition coefficient (Wildman–Crippen LogP) is 0.531. The summed E-state index contributed by atoms with van der Waals surface area (Å²) in [5.74, 6) is -0.632. The fourth-order valence-electron chi connectivity index (χ4n) is 0.850. The zero-order chi connectivity index (χ0) is 8.81. The molecule has 0 radical (unpaired) electrons. The van der Waals surface area contributed by atoms with Crippen LogP contribution >= 0.6 is 11.6 Å². The van der Waals surface area contributed by atoms with E-state index in [0.717, 1.165) is 6.42 Å². The smallest absolute Gasteiger partial charge is 0.323 e. The van der Waals surface area contributed by atoms with Crippen LogP contribution in [0.3, 0.4) is 0 Å². The third-order valence-electron chi connectivity index (χ3n) is 1.36. The van der Waals surface area contributed by atoms with Gasteiger partial charge in [0.05, 0.1) is 6.61 Å². The van der Waals surface area contributed by atoms with E-state index in [0.29, 0.717) is 19.8 Å². The molecule has 5 heteroatoms. The van der Waals surface area contributed by atoms with Crippen LogP contribution in [0, 0.1) is 0 Å². The van der Waals surface area contributed by atoms with Gasteiger partial charge in [-0.15, -0.1) is 11.6 Å². The Morgan fingerprint density at radius 1 is 1.58 bits per heavy atom. The summed E-state index contributed by atoms with van der Waals surface area (Å²) in [7, 11) is 0. The van der Waals surface area contributed by atoms with Gasteiger partial charge >= 0.3 is 5.97 Å². The molecule has 1 saturated heterocycles. The number of alkyl halides is 1. The van der Waals surface area contributed by atoms with Crippen molar-refractivity contribution in [1.29, 1.82) is 0 Å². The Balaban J connectivity index is 2.24. The Labute approximate surface area is 75.7 Å². The van der Waals surface area contributed by atoms with E-state index in [1.54, 1.807) is 0 Å². The van der Waals surface area contributed by atoms with Gasteiger partial charge in [-0.05, 0) is 6.42 Å². The Bertz CT molecular complexity index is 142. The number of carbonyl (C=O) groups is 1. The summed E-state index contributed by atoms with van der Waals surface area (Å²) in [6.45, 7) is 1.50. The van der Waals surface area contributed by atoms with Gasteiger partial charge in [-0.3, -0.25) is 4.79 Å². The second kappa shape index (κ2) is 5.35. The molecule has 1 fully saturated rings. The summed E-state index contributed by atoms with van der Waals surface area (Å²) in [6, 6.07) is 0. The molecule has 0 aliphatic carbocycles. The van der Waals surface area contributed by atoms with Crippen molar-refractivity contribution in [1.82, 2.24) is 0 Å². The number of halogens is 1. The topological polar surface area (TPSA) is 44.8 Å². The summed E-state index contributed by atoms with van der Waals surface area (Å²) in [6.07, 6.45) is 0.244. The van der Waals surface area contributed by atoms with Crippen molar-refractivity contribution < 1.29 is 19.0 Å². The SMILES string of the molecule is O=C(CCl)OC1COCCCO1. The molecule has 0 amide bonds. The number of carbonyl (C=O) groups excluding carboxylic acids is 1. The summed E-state index contributed by atoms with van der Waals surface area (Å²) in [5.41, 5.74) is 0. The molecule has 12 heavy (non-hydrogen) atoms. The Morgan fingerprint density at radius 2 is 2.42 bits per heavy atom. The van der Waals surface area contributed by atoms with Crippen molar-refractivity contribution in [3.05, 3.63) is 0 Å². The second-order valence-corrected chi connectivity index (χ2v) is 2.62. The van der Waals surface area contributed by atoms with Gasteiger partial charge in [-0.2, -0.15) is 0 Å². The summed E-state index contributed by atoms with van der Waals surface area (Å²) in [5, 5.41) is 0. The van der Waals surface area contributed by atoms with Gasteiger partial charge in [0, 0.05) is 6.61 Å². The molecule has 1 rings (SSSR count). The van der Waals surface area contributed by atoms with Crippen LogP contribution in [0.5, 0.6) is 0 Å². The van der Waals surface area contributed by atoms with Crippen molar-refractivity contribution in [2.24, 2.45) is 0 Å². The van der Waals surface area contributed by atoms with E-state index in [4.69, 9.17) is 25.8 Å². The molecular weight excluding hydrogens is 184 g/mol. The summed E-state index contributed by atoms with van der Waals surface area (Å²) >= 11 is 5.24. The Morgan fingerprint density at radius 3 is 3.17 bits per heavy atom. The molecular formula is C7H11ClO4. The zero-order valence-electron chi connectivity index (χ0n) is 6.62. The first kappa shape index (κ1) is 9.77. The van der Waals surface area contributed by atoms with Crippen LogP contribution in [-0.2, 0) is 19.0 Å². The van der Waals surface area contributed by atoms with Gasteiger partial charge < -0.3 is 14.2 Å². The van der Waals surface area contributed by atoms with Crippen molar-refractivity contribution in [3.63, 3.8) is 0 Å². The standard InChI is InChI=1S/C7H11ClO4/c8-4-6(9)12-7-5-10-2-1-3-11-7/h7H,1-5H2. The maximum absolute atomic E-state index is 10.7. The van der Waals surface area contributed by atoms with Crippen LogP contribution in [0.4, 0.5) is 0 Å². The second-order valence-electron chi connectivity index (χ2n) is 2.35. The molecule has 0 bridgehead atoms. The first-order valence-corrected chi connectivity index (χ1v) is 4.31. The van der Waals surface area contributed by atoms with E-state index >= 15 is 0 Å². The highest BCUT2D eigenvalue weighted by Gasteiger charge is 2.16. The van der Waals surface area contributed by atoms with E-state index in [1.165, 1.54) is 0 Å². The van der Waals surface area contributed by atoms with E-state index in [-0.39, 0.29) is 5.88 Å². The monoisotopic (exact) mass is 194 g/mol. The van der Waals surface area contributed by atoms with Crippen molar-refractivity contribution in [3.8, 4) is 0 Å². The molecule has 0 N–H and O–H groups in total. The molecule has 4 nitrogen and oxygen atoms in total. The molecule has 1 unspecified atom stereocenters. The maximum atomic E-state index is 10.7. The molecule has 70 valence electrons. The lowest BCUT2D eigenvalue weighted by Gasteiger charge is -2.13. The van der Waals surface area contributed by atoms with Gasteiger partial charge in [0.15, 0.2) is 0 Å². The van der Waals surface area contributed by atoms with E-state index < -0.39 is 12.3 Å². The molecule has 1 atom stereocenters. The van der Waals surface area contributed by atoms with E-state index in [1.807, 2.05) is 0 Å². The van der Waals surface area contributed by atoms with Crippen molar-refractivity contribution >= 4 is 17.6 Å². The van der Waals surface area contributed by atoms with Crippen LogP contribution < -0.4 is 0 Å². The third-order valence-corrected chi connectivity index (χ3v) is 1.58. The largest absolute Gasteiger partial charge is 0.432 e. The Hall–Kier alpha value is -0.320. The normalized spacial score (nSPS) is 24.6. The van der Waals surface area contributed by atoms with Crippen LogP contribution in [0.25, 0.3) is 0 Å². The minimum absolute atomic E-state index is 0.153. The number of rotatable bonds is 2. The lowest BCUT2D eigenvalue weighted by molar-refractivity contribution is -0.180. The lowest BCUT2D eigenvalue weighted by atomic mass is 10.5. The first-order chi connectivity index (χ1) is 5.83. The number of hydrogen-bond donors (Lipinski definition) is 0. The van der Waals surface area contributed by atoms with Gasteiger partial charge in [0.1, 0.15) is 12.5 Å². The predicted molar refractivity (Wildman–Crippen MR) is 42.0 cm³/mol. The van der Waals surface area contributed by atoms with Crippen molar-refractivity contribution in [2.75, 3.05) is 25.7 Å². The average Bonchev–Trinajstić information content (AvgIpc) is 2.33. The molecule has 1 aliphatic heterocycles.